The number of benzene rings is 1. The van der Waals surface area contributed by atoms with E-state index in [-0.39, 0.29) is 24.2 Å². The van der Waals surface area contributed by atoms with Gasteiger partial charge in [0.25, 0.3) is 0 Å². The van der Waals surface area contributed by atoms with E-state index in [1.165, 1.54) is 0 Å². The van der Waals surface area contributed by atoms with E-state index in [9.17, 15) is 9.59 Å². The molecule has 3 rings (SSSR count). The third kappa shape index (κ3) is 3.22. The molecule has 2 amide bonds. The molecule has 2 heterocycles. The molecule has 0 saturated carbocycles. The Morgan fingerprint density at radius 3 is 2.77 bits per heavy atom. The Labute approximate surface area is 136 Å². The molecule has 1 aromatic heterocycles. The number of rotatable bonds is 4. The minimum absolute atomic E-state index is 0.0273. The van der Waals surface area contributed by atoms with Crippen LogP contribution in [0.2, 0.25) is 0 Å². The molecule has 0 bridgehead atoms. The summed E-state index contributed by atoms with van der Waals surface area (Å²) in [6.45, 7) is 0.749. The van der Waals surface area contributed by atoms with Crippen LogP contribution in [0.15, 0.2) is 51.6 Å². The normalized spacial score (nSPS) is 17.8. The van der Waals surface area contributed by atoms with E-state index in [0.29, 0.717) is 18.8 Å². The maximum absolute atomic E-state index is 12.2. The van der Waals surface area contributed by atoms with Gasteiger partial charge in [-0.15, -0.1) is 0 Å². The number of carbonyl (C=O) groups is 2. The zero-order chi connectivity index (χ0) is 15.5. The molecule has 0 radical (unpaired) electrons. The van der Waals surface area contributed by atoms with Crippen LogP contribution in [0, 0.1) is 5.92 Å². The molecular weight excluding hydrogens is 348 g/mol. The first-order chi connectivity index (χ1) is 10.6. The summed E-state index contributed by atoms with van der Waals surface area (Å²) in [5.41, 5.74) is 0.814. The number of anilines is 1. The van der Waals surface area contributed by atoms with Gasteiger partial charge in [-0.2, -0.15) is 0 Å². The molecule has 1 aliphatic heterocycles. The van der Waals surface area contributed by atoms with Crippen molar-refractivity contribution in [1.82, 2.24) is 5.32 Å². The number of hydrogen-bond acceptors (Lipinski definition) is 3. The zero-order valence-electron chi connectivity index (χ0n) is 11.8. The van der Waals surface area contributed by atoms with Gasteiger partial charge in [-0.25, -0.2) is 0 Å². The largest absolute Gasteiger partial charge is 0.467 e. The second-order valence-electron chi connectivity index (χ2n) is 5.18. The summed E-state index contributed by atoms with van der Waals surface area (Å²) < 4.78 is 6.13. The van der Waals surface area contributed by atoms with E-state index in [1.807, 2.05) is 24.3 Å². The van der Waals surface area contributed by atoms with Crippen LogP contribution < -0.4 is 10.2 Å². The molecule has 1 aliphatic rings. The van der Waals surface area contributed by atoms with Gasteiger partial charge in [-0.3, -0.25) is 9.59 Å². The number of halogens is 1. The molecule has 1 N–H and O–H groups in total. The average Bonchev–Trinajstić information content (AvgIpc) is 3.15. The molecule has 1 aromatic carbocycles. The van der Waals surface area contributed by atoms with Crippen molar-refractivity contribution < 1.29 is 14.0 Å². The van der Waals surface area contributed by atoms with Gasteiger partial charge >= 0.3 is 0 Å². The monoisotopic (exact) mass is 362 g/mol. The van der Waals surface area contributed by atoms with E-state index >= 15 is 0 Å². The molecule has 1 saturated heterocycles. The maximum atomic E-state index is 12.2. The van der Waals surface area contributed by atoms with Crippen molar-refractivity contribution in [3.8, 4) is 0 Å². The number of nitrogens with one attached hydrogen (secondary N) is 1. The zero-order valence-corrected chi connectivity index (χ0v) is 13.4. The summed E-state index contributed by atoms with van der Waals surface area (Å²) in [5.74, 6) is 0.221. The first-order valence-electron chi connectivity index (χ1n) is 6.99. The van der Waals surface area contributed by atoms with Gasteiger partial charge in [0, 0.05) is 23.1 Å². The highest BCUT2D eigenvalue weighted by atomic mass is 79.9. The van der Waals surface area contributed by atoms with Crippen molar-refractivity contribution in [1.29, 1.82) is 0 Å². The Bertz CT molecular complexity index is 667. The van der Waals surface area contributed by atoms with Gasteiger partial charge in [0.2, 0.25) is 11.8 Å². The SMILES string of the molecule is O=C(NCc1ccco1)[C@@H]1CC(=O)N(c2ccc(Br)cc2)C1. The van der Waals surface area contributed by atoms with Gasteiger partial charge < -0.3 is 14.6 Å². The lowest BCUT2D eigenvalue weighted by Crippen LogP contribution is -2.32. The lowest BCUT2D eigenvalue weighted by molar-refractivity contribution is -0.126. The molecule has 22 heavy (non-hydrogen) atoms. The molecule has 2 aromatic rings. The fourth-order valence-electron chi connectivity index (χ4n) is 2.49. The highest BCUT2D eigenvalue weighted by Crippen LogP contribution is 2.26. The van der Waals surface area contributed by atoms with Crippen LogP contribution in [-0.2, 0) is 16.1 Å². The molecule has 1 atom stereocenters. The Hall–Kier alpha value is -2.08. The van der Waals surface area contributed by atoms with Gasteiger partial charge in [0.05, 0.1) is 18.7 Å². The first kappa shape index (κ1) is 14.8. The number of amides is 2. The van der Waals surface area contributed by atoms with Gasteiger partial charge in [-0.05, 0) is 36.4 Å². The van der Waals surface area contributed by atoms with Crippen molar-refractivity contribution in [3.63, 3.8) is 0 Å². The second-order valence-corrected chi connectivity index (χ2v) is 6.09. The van der Waals surface area contributed by atoms with Crippen LogP contribution in [0.4, 0.5) is 5.69 Å². The molecule has 6 heteroatoms. The van der Waals surface area contributed by atoms with E-state index in [4.69, 9.17) is 4.42 Å². The van der Waals surface area contributed by atoms with Crippen molar-refractivity contribution in [2.45, 2.75) is 13.0 Å². The van der Waals surface area contributed by atoms with Crippen LogP contribution >= 0.6 is 15.9 Å². The lowest BCUT2D eigenvalue weighted by Gasteiger charge is -2.16. The molecule has 0 aliphatic carbocycles. The number of carbonyl (C=O) groups excluding carboxylic acids is 2. The topological polar surface area (TPSA) is 62.6 Å². The Morgan fingerprint density at radius 2 is 2.09 bits per heavy atom. The van der Waals surface area contributed by atoms with Gasteiger partial charge in [0.15, 0.2) is 0 Å². The fourth-order valence-corrected chi connectivity index (χ4v) is 2.75. The Kier molecular flexibility index (Phi) is 4.29. The predicted octanol–water partition coefficient (Wildman–Crippen LogP) is 2.71. The molecular formula is C16H15BrN2O3. The molecule has 0 unspecified atom stereocenters. The van der Waals surface area contributed by atoms with E-state index in [0.717, 1.165) is 10.2 Å². The molecule has 5 nitrogen and oxygen atoms in total. The number of furan rings is 1. The van der Waals surface area contributed by atoms with Crippen molar-refractivity contribution in [2.75, 3.05) is 11.4 Å². The summed E-state index contributed by atoms with van der Waals surface area (Å²) in [5, 5.41) is 2.81. The highest BCUT2D eigenvalue weighted by molar-refractivity contribution is 9.10. The van der Waals surface area contributed by atoms with Crippen molar-refractivity contribution in [3.05, 3.63) is 52.9 Å². The molecule has 1 fully saturated rings. The standard InChI is InChI=1S/C16H15BrN2O3/c17-12-3-5-13(6-4-12)19-10-11(8-15(19)20)16(21)18-9-14-2-1-7-22-14/h1-7,11H,8-10H2,(H,18,21)/t11-/m1/s1. The smallest absolute Gasteiger partial charge is 0.227 e. The van der Waals surface area contributed by atoms with Gasteiger partial charge in [-0.1, -0.05) is 15.9 Å². The minimum Gasteiger partial charge on any atom is -0.467 e. The Balaban J connectivity index is 1.61. The fraction of sp³-hybridized carbons (Fsp3) is 0.250. The highest BCUT2D eigenvalue weighted by Gasteiger charge is 2.34. The predicted molar refractivity (Wildman–Crippen MR) is 85.2 cm³/mol. The third-order valence-corrected chi connectivity index (χ3v) is 4.18. The summed E-state index contributed by atoms with van der Waals surface area (Å²) in [7, 11) is 0. The first-order valence-corrected chi connectivity index (χ1v) is 7.79. The van der Waals surface area contributed by atoms with Crippen LogP contribution in [0.1, 0.15) is 12.2 Å². The summed E-state index contributed by atoms with van der Waals surface area (Å²) in [6.07, 6.45) is 1.80. The number of nitrogens with zero attached hydrogens (tertiary/aromatic N) is 1. The summed E-state index contributed by atoms with van der Waals surface area (Å²) in [4.78, 5) is 26.0. The summed E-state index contributed by atoms with van der Waals surface area (Å²) in [6, 6.07) is 11.1. The summed E-state index contributed by atoms with van der Waals surface area (Å²) >= 11 is 3.37. The second kappa shape index (κ2) is 6.36. The van der Waals surface area contributed by atoms with E-state index in [1.54, 1.807) is 23.3 Å². The Morgan fingerprint density at radius 1 is 1.32 bits per heavy atom. The van der Waals surface area contributed by atoms with Crippen LogP contribution in [-0.4, -0.2) is 18.4 Å². The van der Waals surface area contributed by atoms with E-state index < -0.39 is 0 Å². The van der Waals surface area contributed by atoms with Crippen LogP contribution in [0.3, 0.4) is 0 Å². The minimum atomic E-state index is -0.328. The van der Waals surface area contributed by atoms with Crippen molar-refractivity contribution in [2.24, 2.45) is 5.92 Å². The maximum Gasteiger partial charge on any atom is 0.227 e. The lowest BCUT2D eigenvalue weighted by atomic mass is 10.1. The van der Waals surface area contributed by atoms with Gasteiger partial charge in [0.1, 0.15) is 5.76 Å². The number of hydrogen-bond donors (Lipinski definition) is 1. The third-order valence-electron chi connectivity index (χ3n) is 3.65. The van der Waals surface area contributed by atoms with Crippen LogP contribution in [0.25, 0.3) is 0 Å². The van der Waals surface area contributed by atoms with E-state index in [2.05, 4.69) is 21.2 Å². The molecule has 0 spiro atoms. The van der Waals surface area contributed by atoms with Crippen LogP contribution in [0.5, 0.6) is 0 Å². The van der Waals surface area contributed by atoms with Crippen molar-refractivity contribution >= 4 is 33.4 Å². The quantitative estimate of drug-likeness (QED) is 0.909. The molecule has 114 valence electrons. The average molecular weight is 363 g/mol.